The fraction of sp³-hybridized carbons (Fsp3) is 0.222. The van der Waals surface area contributed by atoms with Crippen LogP contribution in [0.15, 0.2) is 24.9 Å². The number of nitrogens with zero attached hydrogens (tertiary/aromatic N) is 4. The summed E-state index contributed by atoms with van der Waals surface area (Å²) in [5, 5.41) is 0.322. The van der Waals surface area contributed by atoms with Gasteiger partial charge in [-0.1, -0.05) is 11.6 Å². The summed E-state index contributed by atoms with van der Waals surface area (Å²) in [5.41, 5.74) is 0. The Kier molecular flexibility index (Phi) is 2.82. The van der Waals surface area contributed by atoms with Gasteiger partial charge in [0.15, 0.2) is 10.9 Å². The van der Waals surface area contributed by atoms with E-state index in [0.717, 1.165) is 0 Å². The fourth-order valence-electron chi connectivity index (χ4n) is 1.14. The van der Waals surface area contributed by atoms with E-state index in [9.17, 15) is 0 Å². The molecular formula is C9H9ClN4O. The Morgan fingerprint density at radius 3 is 3.00 bits per heavy atom. The van der Waals surface area contributed by atoms with Gasteiger partial charge in [0, 0.05) is 12.4 Å². The van der Waals surface area contributed by atoms with Gasteiger partial charge in [-0.2, -0.15) is 0 Å². The fourth-order valence-corrected chi connectivity index (χ4v) is 1.36. The Hall–Kier alpha value is -1.62. The highest BCUT2D eigenvalue weighted by Crippen LogP contribution is 2.19. The SMILES string of the molecule is COc1cnc(Cn2ccnc2)nc1Cl. The molecule has 0 bridgehead atoms. The molecule has 0 amide bonds. The molecule has 0 aromatic carbocycles. The number of ether oxygens (including phenoxy) is 1. The molecule has 0 aliphatic rings. The number of halogens is 1. The number of methoxy groups -OCH3 is 1. The minimum absolute atomic E-state index is 0.322. The van der Waals surface area contributed by atoms with Gasteiger partial charge in [-0.25, -0.2) is 15.0 Å². The van der Waals surface area contributed by atoms with Crippen LogP contribution in [0.4, 0.5) is 0 Å². The summed E-state index contributed by atoms with van der Waals surface area (Å²) < 4.78 is 6.82. The minimum Gasteiger partial charge on any atom is -0.492 e. The average Bonchev–Trinajstić information content (AvgIpc) is 2.71. The lowest BCUT2D eigenvalue weighted by molar-refractivity contribution is 0.410. The third-order valence-electron chi connectivity index (χ3n) is 1.86. The van der Waals surface area contributed by atoms with Crippen LogP contribution in [-0.2, 0) is 6.54 Å². The lowest BCUT2D eigenvalue weighted by Crippen LogP contribution is -2.03. The highest BCUT2D eigenvalue weighted by molar-refractivity contribution is 6.30. The van der Waals surface area contributed by atoms with Gasteiger partial charge in [0.1, 0.15) is 5.82 Å². The molecule has 0 aliphatic heterocycles. The maximum atomic E-state index is 5.87. The van der Waals surface area contributed by atoms with Crippen LogP contribution in [0.5, 0.6) is 5.75 Å². The Labute approximate surface area is 91.7 Å². The molecule has 2 aromatic heterocycles. The van der Waals surface area contributed by atoms with Gasteiger partial charge in [0.05, 0.1) is 26.2 Å². The molecule has 2 rings (SSSR count). The molecule has 0 saturated carbocycles. The van der Waals surface area contributed by atoms with Crippen LogP contribution in [-0.4, -0.2) is 26.6 Å². The largest absolute Gasteiger partial charge is 0.492 e. The molecular weight excluding hydrogens is 216 g/mol. The first-order valence-corrected chi connectivity index (χ1v) is 4.68. The number of rotatable bonds is 3. The topological polar surface area (TPSA) is 52.8 Å². The first-order valence-electron chi connectivity index (χ1n) is 4.30. The molecule has 5 nitrogen and oxygen atoms in total. The van der Waals surface area contributed by atoms with E-state index in [1.54, 1.807) is 18.7 Å². The van der Waals surface area contributed by atoms with Gasteiger partial charge in [-0.05, 0) is 0 Å². The summed E-state index contributed by atoms with van der Waals surface area (Å²) in [6.45, 7) is 0.545. The van der Waals surface area contributed by atoms with Crippen LogP contribution in [0.3, 0.4) is 0 Å². The predicted molar refractivity (Wildman–Crippen MR) is 54.9 cm³/mol. The van der Waals surface area contributed by atoms with Crippen molar-refractivity contribution in [1.82, 2.24) is 19.5 Å². The lowest BCUT2D eigenvalue weighted by atomic mass is 10.5. The van der Waals surface area contributed by atoms with E-state index in [2.05, 4.69) is 15.0 Å². The van der Waals surface area contributed by atoms with E-state index in [4.69, 9.17) is 16.3 Å². The second-order valence-electron chi connectivity index (χ2n) is 2.88. The van der Waals surface area contributed by atoms with Gasteiger partial charge < -0.3 is 9.30 Å². The molecule has 0 radical (unpaired) electrons. The number of hydrogen-bond acceptors (Lipinski definition) is 4. The third-order valence-corrected chi connectivity index (χ3v) is 2.14. The van der Waals surface area contributed by atoms with Crippen LogP contribution in [0.25, 0.3) is 0 Å². The van der Waals surface area contributed by atoms with Crippen molar-refractivity contribution >= 4 is 11.6 Å². The van der Waals surface area contributed by atoms with Crippen molar-refractivity contribution in [2.24, 2.45) is 0 Å². The Morgan fingerprint density at radius 1 is 1.53 bits per heavy atom. The van der Waals surface area contributed by atoms with Gasteiger partial charge in [-0.15, -0.1) is 0 Å². The van der Waals surface area contributed by atoms with E-state index in [1.165, 1.54) is 7.11 Å². The monoisotopic (exact) mass is 224 g/mol. The van der Waals surface area contributed by atoms with Crippen molar-refractivity contribution < 1.29 is 4.74 Å². The summed E-state index contributed by atoms with van der Waals surface area (Å²) in [7, 11) is 1.53. The Bertz CT molecular complexity index is 443. The van der Waals surface area contributed by atoms with Crippen LogP contribution < -0.4 is 4.74 Å². The van der Waals surface area contributed by atoms with Gasteiger partial charge in [-0.3, -0.25) is 0 Å². The lowest BCUT2D eigenvalue weighted by Gasteiger charge is -2.04. The molecule has 15 heavy (non-hydrogen) atoms. The van der Waals surface area contributed by atoms with Gasteiger partial charge in [0.2, 0.25) is 0 Å². The first kappa shape index (κ1) is 9.92. The van der Waals surface area contributed by atoms with E-state index < -0.39 is 0 Å². The molecule has 2 heterocycles. The van der Waals surface area contributed by atoms with E-state index in [-0.39, 0.29) is 0 Å². The van der Waals surface area contributed by atoms with E-state index >= 15 is 0 Å². The molecule has 6 heteroatoms. The summed E-state index contributed by atoms with van der Waals surface area (Å²) in [6, 6.07) is 0. The Morgan fingerprint density at radius 2 is 2.40 bits per heavy atom. The normalized spacial score (nSPS) is 10.3. The number of hydrogen-bond donors (Lipinski definition) is 0. The molecule has 78 valence electrons. The highest BCUT2D eigenvalue weighted by atomic mass is 35.5. The molecule has 0 atom stereocenters. The quantitative estimate of drug-likeness (QED) is 0.740. The molecule has 0 N–H and O–H groups in total. The molecule has 0 fully saturated rings. The molecule has 0 saturated heterocycles. The third kappa shape index (κ3) is 2.24. The molecule has 0 unspecified atom stereocenters. The number of imidazole rings is 1. The molecule has 0 spiro atoms. The summed E-state index contributed by atoms with van der Waals surface area (Å²) in [4.78, 5) is 12.1. The zero-order chi connectivity index (χ0) is 10.7. The van der Waals surface area contributed by atoms with Crippen molar-refractivity contribution in [3.63, 3.8) is 0 Å². The second-order valence-corrected chi connectivity index (χ2v) is 3.24. The second kappa shape index (κ2) is 4.27. The van der Waals surface area contributed by atoms with Crippen molar-refractivity contribution in [3.05, 3.63) is 35.9 Å². The van der Waals surface area contributed by atoms with Crippen molar-refractivity contribution in [2.75, 3.05) is 7.11 Å². The predicted octanol–water partition coefficient (Wildman–Crippen LogP) is 1.38. The van der Waals surface area contributed by atoms with Gasteiger partial charge >= 0.3 is 0 Å². The first-order chi connectivity index (χ1) is 7.29. The van der Waals surface area contributed by atoms with Crippen molar-refractivity contribution in [1.29, 1.82) is 0 Å². The van der Waals surface area contributed by atoms with Crippen LogP contribution in [0.1, 0.15) is 5.82 Å². The maximum absolute atomic E-state index is 5.87. The zero-order valence-corrected chi connectivity index (χ0v) is 8.85. The maximum Gasteiger partial charge on any atom is 0.174 e. The zero-order valence-electron chi connectivity index (χ0n) is 8.09. The van der Waals surface area contributed by atoms with E-state index in [1.807, 2.05) is 10.8 Å². The number of aromatic nitrogens is 4. The Balaban J connectivity index is 2.20. The molecule has 2 aromatic rings. The summed E-state index contributed by atoms with van der Waals surface area (Å²) in [6.07, 6.45) is 6.79. The van der Waals surface area contributed by atoms with Crippen molar-refractivity contribution in [3.8, 4) is 5.75 Å². The average molecular weight is 225 g/mol. The molecule has 0 aliphatic carbocycles. The van der Waals surface area contributed by atoms with Crippen LogP contribution in [0, 0.1) is 0 Å². The van der Waals surface area contributed by atoms with Crippen LogP contribution in [0.2, 0.25) is 5.15 Å². The van der Waals surface area contributed by atoms with E-state index in [0.29, 0.717) is 23.3 Å². The van der Waals surface area contributed by atoms with Crippen LogP contribution >= 0.6 is 11.6 Å². The van der Waals surface area contributed by atoms with Gasteiger partial charge in [0.25, 0.3) is 0 Å². The van der Waals surface area contributed by atoms with Crippen molar-refractivity contribution in [2.45, 2.75) is 6.54 Å². The smallest absolute Gasteiger partial charge is 0.174 e. The summed E-state index contributed by atoms with van der Waals surface area (Å²) >= 11 is 5.87. The standard InChI is InChI=1S/C9H9ClN4O/c1-15-7-4-12-8(13-9(7)10)5-14-3-2-11-6-14/h2-4,6H,5H2,1H3. The summed E-state index contributed by atoms with van der Waals surface area (Å²) in [5.74, 6) is 1.10. The highest BCUT2D eigenvalue weighted by Gasteiger charge is 2.05. The minimum atomic E-state index is 0.322.